The van der Waals surface area contributed by atoms with Crippen LogP contribution in [0, 0.1) is 27.7 Å². The van der Waals surface area contributed by atoms with E-state index in [-0.39, 0.29) is 22.0 Å². The Morgan fingerprint density at radius 3 is 2.38 bits per heavy atom. The Hall–Kier alpha value is -3.39. The minimum absolute atomic E-state index is 0.0249. The molecular formula is C26H27NO6S. The molecule has 0 aliphatic heterocycles. The van der Waals surface area contributed by atoms with E-state index < -0.39 is 22.7 Å². The predicted octanol–water partition coefficient (Wildman–Crippen LogP) is 4.86. The van der Waals surface area contributed by atoms with Crippen LogP contribution in [0.4, 0.5) is 0 Å². The van der Waals surface area contributed by atoms with Crippen LogP contribution in [0.1, 0.15) is 62.1 Å². The Labute approximate surface area is 199 Å². The quantitative estimate of drug-likeness (QED) is 0.259. The van der Waals surface area contributed by atoms with E-state index >= 15 is 0 Å². The maximum atomic E-state index is 12.9. The molecule has 2 aromatic carbocycles. The smallest absolute Gasteiger partial charge is 0.342 e. The van der Waals surface area contributed by atoms with Crippen molar-refractivity contribution in [2.45, 2.75) is 51.5 Å². The van der Waals surface area contributed by atoms with Crippen molar-refractivity contribution in [1.82, 2.24) is 4.57 Å². The number of ether oxygens (including phenoxy) is 1. The Morgan fingerprint density at radius 2 is 1.68 bits per heavy atom. The summed E-state index contributed by atoms with van der Waals surface area (Å²) in [5.74, 6) is -1.31. The number of Topliss-reactive ketones (excluding diaryl/α,β-unsaturated/α-hetero) is 1. The SMILES string of the molecule is Cc1ccc(C)c(S(=O)(=O)Oc2ccccc2C(=O)OCC(=O)c2cc(C)n(C3CC3)c2C)c1. The van der Waals surface area contributed by atoms with Gasteiger partial charge < -0.3 is 13.5 Å². The lowest BCUT2D eigenvalue weighted by Crippen LogP contribution is -2.17. The first-order chi connectivity index (χ1) is 16.1. The van der Waals surface area contributed by atoms with Crippen LogP contribution in [0.15, 0.2) is 53.4 Å². The fourth-order valence-corrected chi connectivity index (χ4v) is 5.35. The Kier molecular flexibility index (Phi) is 6.36. The molecule has 0 atom stereocenters. The van der Waals surface area contributed by atoms with E-state index in [1.165, 1.54) is 18.2 Å². The summed E-state index contributed by atoms with van der Waals surface area (Å²) >= 11 is 0. The topological polar surface area (TPSA) is 91.7 Å². The monoisotopic (exact) mass is 481 g/mol. The fourth-order valence-electron chi connectivity index (χ4n) is 4.09. The lowest BCUT2D eigenvalue weighted by atomic mass is 10.1. The molecule has 0 unspecified atom stereocenters. The first-order valence-electron chi connectivity index (χ1n) is 11.1. The molecule has 7 nitrogen and oxygen atoms in total. The highest BCUT2D eigenvalue weighted by molar-refractivity contribution is 7.87. The fraction of sp³-hybridized carbons (Fsp3) is 0.308. The van der Waals surface area contributed by atoms with Crippen molar-refractivity contribution < 1.29 is 26.9 Å². The van der Waals surface area contributed by atoms with Crippen LogP contribution < -0.4 is 4.18 Å². The van der Waals surface area contributed by atoms with Crippen LogP contribution in [0.3, 0.4) is 0 Å². The van der Waals surface area contributed by atoms with E-state index in [1.807, 2.05) is 19.9 Å². The minimum Gasteiger partial charge on any atom is -0.454 e. The lowest BCUT2D eigenvalue weighted by molar-refractivity contribution is 0.0472. The molecule has 1 saturated carbocycles. The maximum Gasteiger partial charge on any atom is 0.342 e. The molecule has 0 saturated heterocycles. The van der Waals surface area contributed by atoms with Gasteiger partial charge in [-0.15, -0.1) is 0 Å². The van der Waals surface area contributed by atoms with E-state index in [2.05, 4.69) is 4.57 Å². The van der Waals surface area contributed by atoms with E-state index in [0.29, 0.717) is 17.2 Å². The molecule has 1 aliphatic rings. The zero-order chi connectivity index (χ0) is 24.6. The molecule has 0 bridgehead atoms. The van der Waals surface area contributed by atoms with Crippen LogP contribution in [0.25, 0.3) is 0 Å². The van der Waals surface area contributed by atoms with Gasteiger partial charge in [-0.3, -0.25) is 4.79 Å². The minimum atomic E-state index is -4.18. The highest BCUT2D eigenvalue weighted by Crippen LogP contribution is 2.38. The van der Waals surface area contributed by atoms with Gasteiger partial charge in [-0.05, 0) is 75.9 Å². The standard InChI is InChI=1S/C26H27NO6S/c1-16-9-10-17(2)25(13-16)34(30,31)33-24-8-6-5-7-21(24)26(29)32-15-23(28)22-14-18(3)27(19(22)4)20-11-12-20/h5-10,13-14,20H,11-12,15H2,1-4H3. The summed E-state index contributed by atoms with van der Waals surface area (Å²) in [7, 11) is -4.18. The summed E-state index contributed by atoms with van der Waals surface area (Å²) in [5.41, 5.74) is 3.61. The molecule has 178 valence electrons. The lowest BCUT2D eigenvalue weighted by Gasteiger charge is -2.13. The first kappa shape index (κ1) is 23.8. The number of hydrogen-bond donors (Lipinski definition) is 0. The van der Waals surface area contributed by atoms with Gasteiger partial charge in [0.1, 0.15) is 10.5 Å². The molecule has 4 rings (SSSR count). The summed E-state index contributed by atoms with van der Waals surface area (Å²) in [6.07, 6.45) is 2.20. The van der Waals surface area contributed by atoms with Gasteiger partial charge in [0, 0.05) is 23.0 Å². The molecule has 0 radical (unpaired) electrons. The third-order valence-corrected chi connectivity index (χ3v) is 7.33. The maximum absolute atomic E-state index is 12.9. The summed E-state index contributed by atoms with van der Waals surface area (Å²) in [6, 6.07) is 13.2. The number of benzene rings is 2. The van der Waals surface area contributed by atoms with Crippen molar-refractivity contribution in [3.05, 3.63) is 82.2 Å². The molecule has 8 heteroatoms. The van der Waals surface area contributed by atoms with Crippen molar-refractivity contribution in [3.8, 4) is 5.75 Å². The van der Waals surface area contributed by atoms with Crippen molar-refractivity contribution in [1.29, 1.82) is 0 Å². The Morgan fingerprint density at radius 1 is 0.971 bits per heavy atom. The molecule has 0 N–H and O–H groups in total. The van der Waals surface area contributed by atoms with Crippen molar-refractivity contribution in [2.75, 3.05) is 6.61 Å². The third kappa shape index (κ3) is 4.77. The molecule has 34 heavy (non-hydrogen) atoms. The van der Waals surface area contributed by atoms with Crippen molar-refractivity contribution in [2.24, 2.45) is 0 Å². The molecule has 1 heterocycles. The largest absolute Gasteiger partial charge is 0.454 e. The van der Waals surface area contributed by atoms with Gasteiger partial charge in [0.05, 0.1) is 0 Å². The number of esters is 1. The van der Waals surface area contributed by atoms with Crippen LogP contribution >= 0.6 is 0 Å². The summed E-state index contributed by atoms with van der Waals surface area (Å²) in [5, 5.41) is 0. The van der Waals surface area contributed by atoms with Gasteiger partial charge in [-0.2, -0.15) is 8.42 Å². The Bertz CT molecular complexity index is 1380. The summed E-state index contributed by atoms with van der Waals surface area (Å²) < 4.78 is 38.5. The number of aryl methyl sites for hydroxylation is 3. The average Bonchev–Trinajstić information content (AvgIpc) is 3.57. The number of ketones is 1. The summed E-state index contributed by atoms with van der Waals surface area (Å²) in [6.45, 7) is 6.84. The molecule has 1 aliphatic carbocycles. The van der Waals surface area contributed by atoms with Crippen LogP contribution in [-0.4, -0.2) is 31.3 Å². The highest BCUT2D eigenvalue weighted by Gasteiger charge is 2.29. The zero-order valence-corrected chi connectivity index (χ0v) is 20.4. The number of nitrogens with zero attached hydrogens (tertiary/aromatic N) is 1. The van der Waals surface area contributed by atoms with Crippen molar-refractivity contribution >= 4 is 21.9 Å². The second-order valence-electron chi connectivity index (χ2n) is 8.69. The van der Waals surface area contributed by atoms with Gasteiger partial charge in [0.25, 0.3) is 0 Å². The van der Waals surface area contributed by atoms with E-state index in [0.717, 1.165) is 29.8 Å². The molecule has 0 amide bonds. The van der Waals surface area contributed by atoms with Gasteiger partial charge in [0.2, 0.25) is 5.78 Å². The number of rotatable bonds is 8. The van der Waals surface area contributed by atoms with E-state index in [4.69, 9.17) is 8.92 Å². The van der Waals surface area contributed by atoms with Gasteiger partial charge in [-0.25, -0.2) is 4.79 Å². The first-order valence-corrected chi connectivity index (χ1v) is 12.5. The van der Waals surface area contributed by atoms with Crippen LogP contribution in [-0.2, 0) is 14.9 Å². The molecule has 0 spiro atoms. The van der Waals surface area contributed by atoms with Gasteiger partial charge >= 0.3 is 16.1 Å². The van der Waals surface area contributed by atoms with Gasteiger partial charge in [0.15, 0.2) is 12.4 Å². The number of carbonyl (C=O) groups excluding carboxylic acids is 2. The third-order valence-electron chi connectivity index (χ3n) is 5.95. The number of para-hydroxylation sites is 1. The molecule has 1 aromatic heterocycles. The second kappa shape index (κ2) is 9.10. The average molecular weight is 482 g/mol. The van der Waals surface area contributed by atoms with E-state index in [1.54, 1.807) is 38.1 Å². The predicted molar refractivity (Wildman–Crippen MR) is 127 cm³/mol. The molecule has 3 aromatic rings. The van der Waals surface area contributed by atoms with Crippen molar-refractivity contribution in [3.63, 3.8) is 0 Å². The second-order valence-corrected chi connectivity index (χ2v) is 10.2. The van der Waals surface area contributed by atoms with Crippen LogP contribution in [0.2, 0.25) is 0 Å². The summed E-state index contributed by atoms with van der Waals surface area (Å²) in [4.78, 5) is 25.6. The van der Waals surface area contributed by atoms with E-state index in [9.17, 15) is 18.0 Å². The molecular weight excluding hydrogens is 454 g/mol. The normalized spacial score (nSPS) is 13.5. The zero-order valence-electron chi connectivity index (χ0n) is 19.6. The van der Waals surface area contributed by atoms with Gasteiger partial charge in [-0.1, -0.05) is 24.3 Å². The highest BCUT2D eigenvalue weighted by atomic mass is 32.2. The number of hydrogen-bond acceptors (Lipinski definition) is 6. The molecule has 1 fully saturated rings. The Balaban J connectivity index is 1.50. The number of carbonyl (C=O) groups is 2. The van der Waals surface area contributed by atoms with Crippen LogP contribution in [0.5, 0.6) is 5.75 Å². The number of aromatic nitrogens is 1.